The van der Waals surface area contributed by atoms with Crippen molar-refractivity contribution in [2.24, 2.45) is 11.1 Å². The Labute approximate surface area is 131 Å². The zero-order chi connectivity index (χ0) is 15.6. The van der Waals surface area contributed by atoms with Crippen LogP contribution in [0.25, 0.3) is 11.3 Å². The van der Waals surface area contributed by atoms with Gasteiger partial charge < -0.3 is 14.9 Å². The second kappa shape index (κ2) is 6.10. The van der Waals surface area contributed by atoms with E-state index in [-0.39, 0.29) is 5.41 Å². The van der Waals surface area contributed by atoms with Crippen LogP contribution in [-0.4, -0.2) is 36.6 Å². The molecule has 5 heteroatoms. The lowest BCUT2D eigenvalue weighted by Crippen LogP contribution is -2.31. The monoisotopic (exact) mass is 301 g/mol. The van der Waals surface area contributed by atoms with Crippen LogP contribution in [0.5, 0.6) is 5.75 Å². The SMILES string of the molecule is COc1ccc(-c2cnc(CN3CCC(C)(CN)C3)o2)cc1. The van der Waals surface area contributed by atoms with E-state index in [0.29, 0.717) is 0 Å². The molecule has 22 heavy (non-hydrogen) atoms. The molecule has 1 fully saturated rings. The summed E-state index contributed by atoms with van der Waals surface area (Å²) in [6.07, 6.45) is 2.92. The molecule has 2 aromatic rings. The highest BCUT2D eigenvalue weighted by molar-refractivity contribution is 5.57. The number of aromatic nitrogens is 1. The molecule has 1 aromatic heterocycles. The number of likely N-dealkylation sites (tertiary alicyclic amines) is 1. The van der Waals surface area contributed by atoms with Gasteiger partial charge in [-0.15, -0.1) is 0 Å². The van der Waals surface area contributed by atoms with E-state index in [1.54, 1.807) is 13.3 Å². The summed E-state index contributed by atoms with van der Waals surface area (Å²) in [5, 5.41) is 0. The number of rotatable bonds is 5. The smallest absolute Gasteiger partial charge is 0.209 e. The highest BCUT2D eigenvalue weighted by Crippen LogP contribution is 2.30. The van der Waals surface area contributed by atoms with Crippen LogP contribution < -0.4 is 10.5 Å². The molecule has 2 heterocycles. The Morgan fingerprint density at radius 2 is 2.14 bits per heavy atom. The fourth-order valence-electron chi connectivity index (χ4n) is 2.89. The van der Waals surface area contributed by atoms with Crippen molar-refractivity contribution in [2.75, 3.05) is 26.7 Å². The van der Waals surface area contributed by atoms with Crippen molar-refractivity contribution in [2.45, 2.75) is 19.9 Å². The number of nitrogens with two attached hydrogens (primary N) is 1. The van der Waals surface area contributed by atoms with Crippen LogP contribution in [0, 0.1) is 5.41 Å². The molecule has 3 rings (SSSR count). The average Bonchev–Trinajstić information content (AvgIpc) is 3.16. The van der Waals surface area contributed by atoms with E-state index in [2.05, 4.69) is 16.8 Å². The quantitative estimate of drug-likeness (QED) is 0.919. The van der Waals surface area contributed by atoms with Crippen LogP contribution in [0.15, 0.2) is 34.9 Å². The van der Waals surface area contributed by atoms with Gasteiger partial charge in [0.15, 0.2) is 5.76 Å². The first-order valence-electron chi connectivity index (χ1n) is 7.63. The van der Waals surface area contributed by atoms with E-state index in [1.165, 1.54) is 0 Å². The molecular formula is C17H23N3O2. The van der Waals surface area contributed by atoms with Gasteiger partial charge in [0.05, 0.1) is 19.9 Å². The molecule has 1 aliphatic heterocycles. The Morgan fingerprint density at radius 3 is 2.77 bits per heavy atom. The standard InChI is InChI=1S/C17H23N3O2/c1-17(11-18)7-8-20(12-17)10-16-19-9-15(22-16)13-3-5-14(21-2)6-4-13/h3-6,9H,7-8,10-12,18H2,1-2H3. The minimum Gasteiger partial charge on any atom is -0.497 e. The van der Waals surface area contributed by atoms with E-state index in [1.807, 2.05) is 24.3 Å². The molecular weight excluding hydrogens is 278 g/mol. The summed E-state index contributed by atoms with van der Waals surface area (Å²) in [6.45, 7) is 5.76. The normalized spacial score (nSPS) is 22.1. The minimum atomic E-state index is 0.228. The Bertz CT molecular complexity index is 623. The van der Waals surface area contributed by atoms with Gasteiger partial charge in [0, 0.05) is 12.1 Å². The zero-order valence-electron chi connectivity index (χ0n) is 13.2. The average molecular weight is 301 g/mol. The number of nitrogens with zero attached hydrogens (tertiary/aromatic N) is 2. The molecule has 0 radical (unpaired) electrons. The van der Waals surface area contributed by atoms with Gasteiger partial charge in [-0.3, -0.25) is 4.90 Å². The summed E-state index contributed by atoms with van der Waals surface area (Å²) in [4.78, 5) is 6.76. The summed E-state index contributed by atoms with van der Waals surface area (Å²) in [6, 6.07) is 7.80. The summed E-state index contributed by atoms with van der Waals surface area (Å²) >= 11 is 0. The van der Waals surface area contributed by atoms with Crippen LogP contribution in [-0.2, 0) is 6.54 Å². The van der Waals surface area contributed by atoms with Gasteiger partial charge in [0.1, 0.15) is 5.75 Å². The molecule has 0 spiro atoms. The Hall–Kier alpha value is -1.85. The van der Waals surface area contributed by atoms with Gasteiger partial charge in [0.2, 0.25) is 5.89 Å². The van der Waals surface area contributed by atoms with Crippen LogP contribution >= 0.6 is 0 Å². The van der Waals surface area contributed by atoms with Gasteiger partial charge in [-0.05, 0) is 49.2 Å². The zero-order valence-corrected chi connectivity index (χ0v) is 13.2. The predicted molar refractivity (Wildman–Crippen MR) is 85.5 cm³/mol. The van der Waals surface area contributed by atoms with Gasteiger partial charge in [-0.2, -0.15) is 0 Å². The highest BCUT2D eigenvalue weighted by Gasteiger charge is 2.32. The van der Waals surface area contributed by atoms with E-state index >= 15 is 0 Å². The number of methoxy groups -OCH3 is 1. The molecule has 0 saturated carbocycles. The van der Waals surface area contributed by atoms with Crippen molar-refractivity contribution < 1.29 is 9.15 Å². The fraction of sp³-hybridized carbons (Fsp3) is 0.471. The molecule has 1 saturated heterocycles. The molecule has 0 amide bonds. The van der Waals surface area contributed by atoms with Gasteiger partial charge in [-0.1, -0.05) is 6.92 Å². The number of ether oxygens (including phenoxy) is 1. The topological polar surface area (TPSA) is 64.5 Å². The van der Waals surface area contributed by atoms with Crippen molar-refractivity contribution in [1.29, 1.82) is 0 Å². The minimum absolute atomic E-state index is 0.228. The first-order chi connectivity index (χ1) is 10.6. The fourth-order valence-corrected chi connectivity index (χ4v) is 2.89. The van der Waals surface area contributed by atoms with Crippen molar-refractivity contribution >= 4 is 0 Å². The Morgan fingerprint density at radius 1 is 1.36 bits per heavy atom. The lowest BCUT2D eigenvalue weighted by Gasteiger charge is -2.21. The van der Waals surface area contributed by atoms with E-state index in [9.17, 15) is 0 Å². The third kappa shape index (κ3) is 3.15. The highest BCUT2D eigenvalue weighted by atomic mass is 16.5. The van der Waals surface area contributed by atoms with Crippen LogP contribution in [0.1, 0.15) is 19.2 Å². The summed E-state index contributed by atoms with van der Waals surface area (Å²) < 4.78 is 11.0. The molecule has 1 atom stereocenters. The Balaban J connectivity index is 1.66. The second-order valence-electron chi connectivity index (χ2n) is 6.32. The lowest BCUT2D eigenvalue weighted by molar-refractivity contribution is 0.252. The summed E-state index contributed by atoms with van der Waals surface area (Å²) in [5.41, 5.74) is 7.09. The van der Waals surface area contributed by atoms with E-state index < -0.39 is 0 Å². The van der Waals surface area contributed by atoms with Crippen molar-refractivity contribution in [3.8, 4) is 17.1 Å². The summed E-state index contributed by atoms with van der Waals surface area (Å²) in [7, 11) is 1.66. The first kappa shape index (κ1) is 15.1. The van der Waals surface area contributed by atoms with Crippen LogP contribution in [0.3, 0.4) is 0 Å². The lowest BCUT2D eigenvalue weighted by atomic mass is 9.90. The number of hydrogen-bond donors (Lipinski definition) is 1. The molecule has 0 aliphatic carbocycles. The predicted octanol–water partition coefficient (Wildman–Crippen LogP) is 2.52. The van der Waals surface area contributed by atoms with Gasteiger partial charge in [-0.25, -0.2) is 4.98 Å². The van der Waals surface area contributed by atoms with E-state index in [0.717, 1.165) is 55.6 Å². The van der Waals surface area contributed by atoms with Crippen LogP contribution in [0.2, 0.25) is 0 Å². The van der Waals surface area contributed by atoms with Crippen LogP contribution in [0.4, 0.5) is 0 Å². The maximum absolute atomic E-state index is 5.88. The number of benzene rings is 1. The van der Waals surface area contributed by atoms with Crippen molar-refractivity contribution in [3.05, 3.63) is 36.4 Å². The number of hydrogen-bond acceptors (Lipinski definition) is 5. The largest absolute Gasteiger partial charge is 0.497 e. The number of oxazole rings is 1. The van der Waals surface area contributed by atoms with E-state index in [4.69, 9.17) is 14.9 Å². The molecule has 118 valence electrons. The molecule has 0 bridgehead atoms. The molecule has 2 N–H and O–H groups in total. The maximum Gasteiger partial charge on any atom is 0.209 e. The van der Waals surface area contributed by atoms with Gasteiger partial charge in [0.25, 0.3) is 0 Å². The Kier molecular flexibility index (Phi) is 4.18. The summed E-state index contributed by atoms with van der Waals surface area (Å²) in [5.74, 6) is 2.38. The second-order valence-corrected chi connectivity index (χ2v) is 6.32. The molecule has 1 aliphatic rings. The maximum atomic E-state index is 5.88. The van der Waals surface area contributed by atoms with Crippen molar-refractivity contribution in [3.63, 3.8) is 0 Å². The van der Waals surface area contributed by atoms with Gasteiger partial charge >= 0.3 is 0 Å². The molecule has 1 aromatic carbocycles. The molecule has 5 nitrogen and oxygen atoms in total. The molecule has 1 unspecified atom stereocenters. The first-order valence-corrected chi connectivity index (χ1v) is 7.63. The van der Waals surface area contributed by atoms with Crippen molar-refractivity contribution in [1.82, 2.24) is 9.88 Å². The third-order valence-corrected chi connectivity index (χ3v) is 4.42. The third-order valence-electron chi connectivity index (χ3n) is 4.42.